The summed E-state index contributed by atoms with van der Waals surface area (Å²) in [5.41, 5.74) is 1.80. The molecule has 0 spiro atoms. The number of sulfonamides is 1. The molecular formula is C17H24N2O4S. The zero-order chi connectivity index (χ0) is 17.2. The van der Waals surface area contributed by atoms with Crippen LogP contribution in [0.5, 0.6) is 0 Å². The largest absolute Gasteiger partial charge is 0.381 e. The average molecular weight is 352 g/mol. The molecule has 2 aliphatic rings. The SMILES string of the molecule is NS(=O)(=O)CC1CCN(C(=O)c2cccc(C3CCCOC3)c2)C1. The standard InChI is InChI=1S/C17H24N2O4S/c18-24(21,22)12-13-6-7-19(10-13)17(20)15-4-1-3-14(9-15)16-5-2-8-23-11-16/h1,3-4,9,13,16H,2,5-8,10-12H2,(H2,18,21,22). The van der Waals surface area contributed by atoms with Gasteiger partial charge in [0.1, 0.15) is 0 Å². The Bertz CT molecular complexity index is 698. The van der Waals surface area contributed by atoms with Crippen LogP contribution in [0.3, 0.4) is 0 Å². The molecule has 24 heavy (non-hydrogen) atoms. The van der Waals surface area contributed by atoms with Gasteiger partial charge in [-0.2, -0.15) is 0 Å². The molecule has 0 saturated carbocycles. The second kappa shape index (κ2) is 7.21. The number of amides is 1. The summed E-state index contributed by atoms with van der Waals surface area (Å²) in [4.78, 5) is 14.4. The Hall–Kier alpha value is -1.44. The van der Waals surface area contributed by atoms with E-state index in [2.05, 4.69) is 0 Å². The maximum atomic E-state index is 12.7. The average Bonchev–Trinajstić information content (AvgIpc) is 3.01. The number of benzene rings is 1. The van der Waals surface area contributed by atoms with Crippen LogP contribution < -0.4 is 5.14 Å². The van der Waals surface area contributed by atoms with Crippen molar-refractivity contribution in [1.29, 1.82) is 0 Å². The molecule has 0 radical (unpaired) electrons. The highest BCUT2D eigenvalue weighted by atomic mass is 32.2. The predicted octanol–water partition coefficient (Wildman–Crippen LogP) is 1.33. The number of carbonyl (C=O) groups excluding carboxylic acids is 1. The lowest BCUT2D eigenvalue weighted by molar-refractivity contribution is 0.0779. The van der Waals surface area contributed by atoms with E-state index < -0.39 is 10.0 Å². The van der Waals surface area contributed by atoms with Crippen molar-refractivity contribution in [3.63, 3.8) is 0 Å². The first-order chi connectivity index (χ1) is 11.4. The molecule has 7 heteroatoms. The first-order valence-electron chi connectivity index (χ1n) is 8.40. The molecule has 2 atom stereocenters. The summed E-state index contributed by atoms with van der Waals surface area (Å²) >= 11 is 0. The summed E-state index contributed by atoms with van der Waals surface area (Å²) in [6, 6.07) is 7.73. The highest BCUT2D eigenvalue weighted by Gasteiger charge is 2.29. The number of hydrogen-bond acceptors (Lipinski definition) is 4. The van der Waals surface area contributed by atoms with Gasteiger partial charge in [-0.25, -0.2) is 13.6 Å². The van der Waals surface area contributed by atoms with Crippen LogP contribution in [-0.4, -0.2) is 51.3 Å². The molecule has 2 unspecified atom stereocenters. The number of ether oxygens (including phenoxy) is 1. The summed E-state index contributed by atoms with van der Waals surface area (Å²) in [6.45, 7) is 2.55. The van der Waals surface area contributed by atoms with E-state index in [4.69, 9.17) is 9.88 Å². The minimum Gasteiger partial charge on any atom is -0.381 e. The first-order valence-corrected chi connectivity index (χ1v) is 10.1. The summed E-state index contributed by atoms with van der Waals surface area (Å²) in [7, 11) is -3.49. The maximum absolute atomic E-state index is 12.7. The molecule has 1 aromatic rings. The summed E-state index contributed by atoms with van der Waals surface area (Å²) in [5, 5.41) is 5.11. The summed E-state index contributed by atoms with van der Waals surface area (Å²) < 4.78 is 28.0. The fourth-order valence-electron chi connectivity index (χ4n) is 3.59. The van der Waals surface area contributed by atoms with Gasteiger partial charge in [0.25, 0.3) is 5.91 Å². The number of rotatable bonds is 4. The summed E-state index contributed by atoms with van der Waals surface area (Å²) in [5.74, 6) is 0.181. The molecule has 1 aromatic carbocycles. The van der Waals surface area contributed by atoms with Gasteiger partial charge in [-0.05, 0) is 42.9 Å². The Morgan fingerprint density at radius 1 is 1.33 bits per heavy atom. The van der Waals surface area contributed by atoms with E-state index in [0.717, 1.165) is 25.0 Å². The first kappa shape index (κ1) is 17.4. The van der Waals surface area contributed by atoms with Gasteiger partial charge in [0.05, 0.1) is 12.4 Å². The number of carbonyl (C=O) groups is 1. The van der Waals surface area contributed by atoms with E-state index in [9.17, 15) is 13.2 Å². The van der Waals surface area contributed by atoms with E-state index >= 15 is 0 Å². The molecule has 2 aliphatic heterocycles. The molecule has 3 rings (SSSR count). The van der Waals surface area contributed by atoms with E-state index in [-0.39, 0.29) is 17.6 Å². The van der Waals surface area contributed by atoms with Gasteiger partial charge >= 0.3 is 0 Å². The van der Waals surface area contributed by atoms with Crippen LogP contribution in [0.25, 0.3) is 0 Å². The summed E-state index contributed by atoms with van der Waals surface area (Å²) in [6.07, 6.45) is 2.81. The Morgan fingerprint density at radius 2 is 2.17 bits per heavy atom. The zero-order valence-electron chi connectivity index (χ0n) is 13.7. The number of hydrogen-bond donors (Lipinski definition) is 1. The van der Waals surface area contributed by atoms with Gasteiger partial charge in [-0.1, -0.05) is 12.1 Å². The van der Waals surface area contributed by atoms with Gasteiger partial charge in [0.2, 0.25) is 10.0 Å². The highest BCUT2D eigenvalue weighted by molar-refractivity contribution is 7.89. The molecule has 0 aliphatic carbocycles. The lowest BCUT2D eigenvalue weighted by Crippen LogP contribution is -2.31. The molecule has 1 amide bonds. The van der Waals surface area contributed by atoms with Crippen molar-refractivity contribution < 1.29 is 17.9 Å². The van der Waals surface area contributed by atoms with Crippen molar-refractivity contribution in [2.45, 2.75) is 25.2 Å². The Balaban J connectivity index is 1.67. The van der Waals surface area contributed by atoms with Crippen LogP contribution in [0.4, 0.5) is 0 Å². The van der Waals surface area contributed by atoms with Crippen molar-refractivity contribution in [2.24, 2.45) is 11.1 Å². The van der Waals surface area contributed by atoms with E-state index in [1.54, 1.807) is 4.90 Å². The smallest absolute Gasteiger partial charge is 0.253 e. The van der Waals surface area contributed by atoms with Crippen LogP contribution in [0.15, 0.2) is 24.3 Å². The van der Waals surface area contributed by atoms with Crippen molar-refractivity contribution in [3.8, 4) is 0 Å². The highest BCUT2D eigenvalue weighted by Crippen LogP contribution is 2.27. The van der Waals surface area contributed by atoms with Gasteiger partial charge in [0.15, 0.2) is 0 Å². The van der Waals surface area contributed by atoms with Crippen molar-refractivity contribution >= 4 is 15.9 Å². The topological polar surface area (TPSA) is 89.7 Å². The minimum atomic E-state index is -3.49. The van der Waals surface area contributed by atoms with Gasteiger partial charge in [0, 0.05) is 31.2 Å². The number of likely N-dealkylation sites (tertiary alicyclic amines) is 1. The third kappa shape index (κ3) is 4.34. The van der Waals surface area contributed by atoms with Gasteiger partial charge < -0.3 is 9.64 Å². The predicted molar refractivity (Wildman–Crippen MR) is 91.2 cm³/mol. The van der Waals surface area contributed by atoms with Crippen LogP contribution in [0.1, 0.15) is 41.1 Å². The Morgan fingerprint density at radius 3 is 2.88 bits per heavy atom. The van der Waals surface area contributed by atoms with Crippen molar-refractivity contribution in [1.82, 2.24) is 4.90 Å². The fraction of sp³-hybridized carbons (Fsp3) is 0.588. The lowest BCUT2D eigenvalue weighted by atomic mass is 9.92. The van der Waals surface area contributed by atoms with E-state index in [1.807, 2.05) is 24.3 Å². The molecule has 0 bridgehead atoms. The van der Waals surface area contributed by atoms with Crippen LogP contribution in [0, 0.1) is 5.92 Å². The molecule has 132 valence electrons. The Labute approximate surface area is 143 Å². The number of primary sulfonamides is 1. The number of nitrogens with two attached hydrogens (primary N) is 1. The second-order valence-electron chi connectivity index (χ2n) is 6.77. The second-order valence-corrected chi connectivity index (χ2v) is 8.43. The molecule has 6 nitrogen and oxygen atoms in total. The maximum Gasteiger partial charge on any atom is 0.253 e. The molecule has 2 saturated heterocycles. The minimum absolute atomic E-state index is 0.0366. The van der Waals surface area contributed by atoms with Crippen LogP contribution >= 0.6 is 0 Å². The van der Waals surface area contributed by atoms with Crippen molar-refractivity contribution in [2.75, 3.05) is 32.1 Å². The molecule has 2 fully saturated rings. The molecular weight excluding hydrogens is 328 g/mol. The molecule has 2 heterocycles. The van der Waals surface area contributed by atoms with E-state index in [1.165, 1.54) is 0 Å². The Kier molecular flexibility index (Phi) is 5.22. The fourth-order valence-corrected chi connectivity index (χ4v) is 4.52. The zero-order valence-corrected chi connectivity index (χ0v) is 14.5. The lowest BCUT2D eigenvalue weighted by Gasteiger charge is -2.23. The quantitative estimate of drug-likeness (QED) is 0.885. The molecule has 2 N–H and O–H groups in total. The van der Waals surface area contributed by atoms with Crippen LogP contribution in [-0.2, 0) is 14.8 Å². The normalized spacial score (nSPS) is 25.0. The van der Waals surface area contributed by atoms with Gasteiger partial charge in [-0.3, -0.25) is 4.79 Å². The third-order valence-electron chi connectivity index (χ3n) is 4.81. The number of nitrogens with zero attached hydrogens (tertiary/aromatic N) is 1. The van der Waals surface area contributed by atoms with E-state index in [0.29, 0.717) is 37.6 Å². The monoisotopic (exact) mass is 352 g/mol. The van der Waals surface area contributed by atoms with Crippen LogP contribution in [0.2, 0.25) is 0 Å². The third-order valence-corrected chi connectivity index (χ3v) is 5.74. The van der Waals surface area contributed by atoms with Crippen molar-refractivity contribution in [3.05, 3.63) is 35.4 Å². The van der Waals surface area contributed by atoms with Gasteiger partial charge in [-0.15, -0.1) is 0 Å². The molecule has 0 aromatic heterocycles.